The zero-order valence-corrected chi connectivity index (χ0v) is 11.2. The fourth-order valence-corrected chi connectivity index (χ4v) is 1.50. The molecule has 0 saturated carbocycles. The number of carboxylic acid groups (broad SMARTS) is 1. The number of carbonyl (C=O) groups is 2. The van der Waals surface area contributed by atoms with E-state index in [1.807, 2.05) is 6.92 Å². The Morgan fingerprint density at radius 3 is 2.37 bits per heavy atom. The van der Waals surface area contributed by atoms with Gasteiger partial charge in [-0.25, -0.2) is 4.79 Å². The second kappa shape index (κ2) is 7.41. The van der Waals surface area contributed by atoms with Gasteiger partial charge >= 0.3 is 5.97 Å². The maximum absolute atomic E-state index is 11.8. The number of carboxylic acids is 1. The predicted octanol–water partition coefficient (Wildman–Crippen LogP) is 2.07. The van der Waals surface area contributed by atoms with Gasteiger partial charge in [0.15, 0.2) is 0 Å². The fourth-order valence-electron chi connectivity index (χ4n) is 1.50. The molecule has 1 aromatic carbocycles. The first-order chi connectivity index (χ1) is 9.08. The van der Waals surface area contributed by atoms with Gasteiger partial charge in [0.1, 0.15) is 11.8 Å². The van der Waals surface area contributed by atoms with E-state index in [1.165, 1.54) is 0 Å². The van der Waals surface area contributed by atoms with Gasteiger partial charge in [-0.15, -0.1) is 0 Å². The highest BCUT2D eigenvalue weighted by Gasteiger charge is 2.18. The van der Waals surface area contributed by atoms with E-state index in [2.05, 4.69) is 5.32 Å². The molecular formula is C14H19NO4. The van der Waals surface area contributed by atoms with Crippen LogP contribution in [-0.2, 0) is 4.79 Å². The van der Waals surface area contributed by atoms with Gasteiger partial charge in [-0.1, -0.05) is 13.8 Å². The number of benzene rings is 1. The van der Waals surface area contributed by atoms with E-state index >= 15 is 0 Å². The lowest BCUT2D eigenvalue weighted by Gasteiger charge is -2.12. The highest BCUT2D eigenvalue weighted by atomic mass is 16.5. The Labute approximate surface area is 112 Å². The van der Waals surface area contributed by atoms with Gasteiger partial charge in [0.05, 0.1) is 6.61 Å². The summed E-state index contributed by atoms with van der Waals surface area (Å²) >= 11 is 0. The summed E-state index contributed by atoms with van der Waals surface area (Å²) in [5.41, 5.74) is 0.420. The van der Waals surface area contributed by atoms with Crippen molar-refractivity contribution in [3.05, 3.63) is 29.8 Å². The number of amides is 1. The Bertz CT molecular complexity index is 428. The third-order valence-corrected chi connectivity index (χ3v) is 2.60. The highest BCUT2D eigenvalue weighted by Crippen LogP contribution is 2.12. The lowest BCUT2D eigenvalue weighted by atomic mass is 10.1. The van der Waals surface area contributed by atoms with Crippen molar-refractivity contribution in [3.63, 3.8) is 0 Å². The third-order valence-electron chi connectivity index (χ3n) is 2.60. The highest BCUT2D eigenvalue weighted by molar-refractivity contribution is 5.96. The van der Waals surface area contributed by atoms with Crippen LogP contribution in [0.2, 0.25) is 0 Å². The molecule has 0 aliphatic heterocycles. The summed E-state index contributed by atoms with van der Waals surface area (Å²) in [5, 5.41) is 11.3. The number of aliphatic carboxylic acids is 1. The van der Waals surface area contributed by atoms with Gasteiger partial charge in [-0.3, -0.25) is 4.79 Å². The van der Waals surface area contributed by atoms with Crippen molar-refractivity contribution < 1.29 is 19.4 Å². The molecule has 0 saturated heterocycles. The summed E-state index contributed by atoms with van der Waals surface area (Å²) in [5.74, 6) is -0.723. The minimum absolute atomic E-state index is 0.346. The van der Waals surface area contributed by atoms with Crippen molar-refractivity contribution in [3.8, 4) is 5.75 Å². The summed E-state index contributed by atoms with van der Waals surface area (Å²) in [6, 6.07) is 5.78. The second-order valence-electron chi connectivity index (χ2n) is 4.15. The molecule has 0 heterocycles. The molecule has 0 unspecified atom stereocenters. The molecule has 0 spiro atoms. The first-order valence-electron chi connectivity index (χ1n) is 6.35. The smallest absolute Gasteiger partial charge is 0.326 e. The quantitative estimate of drug-likeness (QED) is 0.791. The Kier molecular flexibility index (Phi) is 5.85. The average Bonchev–Trinajstić information content (AvgIpc) is 2.42. The molecule has 5 heteroatoms. The van der Waals surface area contributed by atoms with E-state index in [-0.39, 0.29) is 0 Å². The van der Waals surface area contributed by atoms with E-state index in [4.69, 9.17) is 9.84 Å². The summed E-state index contributed by atoms with van der Waals surface area (Å²) in [6.07, 6.45) is 1.26. The molecule has 1 aromatic rings. The van der Waals surface area contributed by atoms with Crippen LogP contribution in [0.3, 0.4) is 0 Å². The molecule has 0 aromatic heterocycles. The van der Waals surface area contributed by atoms with Crippen molar-refractivity contribution in [1.29, 1.82) is 0 Å². The molecule has 1 amide bonds. The SMILES string of the molecule is CCCOc1ccc(C(=O)N[C@H](CC)C(=O)O)cc1. The van der Waals surface area contributed by atoms with Gasteiger partial charge in [0, 0.05) is 5.56 Å². The molecule has 1 atom stereocenters. The standard InChI is InChI=1S/C14H19NO4/c1-3-9-19-11-7-5-10(6-8-11)13(16)15-12(4-2)14(17)18/h5-8,12H,3-4,9H2,1-2H3,(H,15,16)(H,17,18)/t12-/m1/s1. The van der Waals surface area contributed by atoms with E-state index in [1.54, 1.807) is 31.2 Å². The largest absolute Gasteiger partial charge is 0.494 e. The van der Waals surface area contributed by atoms with E-state index in [0.29, 0.717) is 24.3 Å². The van der Waals surface area contributed by atoms with Crippen LogP contribution in [0.5, 0.6) is 5.75 Å². The van der Waals surface area contributed by atoms with Gasteiger partial charge in [0.2, 0.25) is 0 Å². The molecule has 0 aliphatic rings. The van der Waals surface area contributed by atoms with E-state index < -0.39 is 17.9 Å². The number of hydrogen-bond donors (Lipinski definition) is 2. The molecule has 0 radical (unpaired) electrons. The maximum Gasteiger partial charge on any atom is 0.326 e. The number of rotatable bonds is 7. The topological polar surface area (TPSA) is 75.6 Å². The minimum atomic E-state index is -1.03. The van der Waals surface area contributed by atoms with Gasteiger partial charge < -0.3 is 15.2 Å². The summed E-state index contributed by atoms with van der Waals surface area (Å²) < 4.78 is 5.40. The molecule has 5 nitrogen and oxygen atoms in total. The van der Waals surface area contributed by atoms with Crippen molar-refractivity contribution in [2.24, 2.45) is 0 Å². The molecule has 1 rings (SSSR count). The van der Waals surface area contributed by atoms with Crippen LogP contribution in [0.25, 0.3) is 0 Å². The molecular weight excluding hydrogens is 246 g/mol. The van der Waals surface area contributed by atoms with Crippen molar-refractivity contribution in [2.75, 3.05) is 6.61 Å². The van der Waals surface area contributed by atoms with Crippen LogP contribution in [0.15, 0.2) is 24.3 Å². The fraction of sp³-hybridized carbons (Fsp3) is 0.429. The van der Waals surface area contributed by atoms with Gasteiger partial charge in [0.25, 0.3) is 5.91 Å². The monoisotopic (exact) mass is 265 g/mol. The van der Waals surface area contributed by atoms with Crippen LogP contribution in [0.1, 0.15) is 37.0 Å². The van der Waals surface area contributed by atoms with Crippen LogP contribution in [-0.4, -0.2) is 29.6 Å². The Hall–Kier alpha value is -2.04. The first-order valence-corrected chi connectivity index (χ1v) is 6.35. The van der Waals surface area contributed by atoms with E-state index in [0.717, 1.165) is 6.42 Å². The van der Waals surface area contributed by atoms with Crippen molar-refractivity contribution >= 4 is 11.9 Å². The Morgan fingerprint density at radius 2 is 1.89 bits per heavy atom. The zero-order valence-electron chi connectivity index (χ0n) is 11.2. The molecule has 2 N–H and O–H groups in total. The van der Waals surface area contributed by atoms with Crippen LogP contribution in [0, 0.1) is 0 Å². The number of ether oxygens (including phenoxy) is 1. The number of carbonyl (C=O) groups excluding carboxylic acids is 1. The summed E-state index contributed by atoms with van der Waals surface area (Å²) in [6.45, 7) is 4.35. The lowest BCUT2D eigenvalue weighted by Crippen LogP contribution is -2.40. The van der Waals surface area contributed by atoms with Gasteiger partial charge in [-0.05, 0) is 37.1 Å². The average molecular weight is 265 g/mol. The first kappa shape index (κ1) is 15.0. The van der Waals surface area contributed by atoms with Crippen LogP contribution < -0.4 is 10.1 Å². The Balaban J connectivity index is 2.64. The number of nitrogens with one attached hydrogen (secondary N) is 1. The summed E-state index contributed by atoms with van der Waals surface area (Å²) in [4.78, 5) is 22.7. The lowest BCUT2D eigenvalue weighted by molar-refractivity contribution is -0.139. The zero-order chi connectivity index (χ0) is 14.3. The molecule has 0 fully saturated rings. The van der Waals surface area contributed by atoms with Crippen molar-refractivity contribution in [2.45, 2.75) is 32.7 Å². The molecule has 0 bridgehead atoms. The molecule has 104 valence electrons. The number of hydrogen-bond acceptors (Lipinski definition) is 3. The third kappa shape index (κ3) is 4.62. The maximum atomic E-state index is 11.8. The normalized spacial score (nSPS) is 11.7. The molecule has 0 aliphatic carbocycles. The van der Waals surface area contributed by atoms with Gasteiger partial charge in [-0.2, -0.15) is 0 Å². The predicted molar refractivity (Wildman–Crippen MR) is 71.4 cm³/mol. The van der Waals surface area contributed by atoms with E-state index in [9.17, 15) is 9.59 Å². The second-order valence-corrected chi connectivity index (χ2v) is 4.15. The minimum Gasteiger partial charge on any atom is -0.494 e. The van der Waals surface area contributed by atoms with Crippen molar-refractivity contribution in [1.82, 2.24) is 5.32 Å². The Morgan fingerprint density at radius 1 is 1.26 bits per heavy atom. The van der Waals surface area contributed by atoms with Crippen LogP contribution in [0.4, 0.5) is 0 Å². The van der Waals surface area contributed by atoms with Crippen LogP contribution >= 0.6 is 0 Å². The summed E-state index contributed by atoms with van der Waals surface area (Å²) in [7, 11) is 0. The molecule has 19 heavy (non-hydrogen) atoms.